The summed E-state index contributed by atoms with van der Waals surface area (Å²) in [5, 5.41) is 0. The molecule has 0 aromatic heterocycles. The summed E-state index contributed by atoms with van der Waals surface area (Å²) in [6.07, 6.45) is 3.82. The Bertz CT molecular complexity index is 396. The molecule has 0 bridgehead atoms. The minimum absolute atomic E-state index is 0.167. The molecule has 1 aromatic carbocycles. The lowest BCUT2D eigenvalue weighted by atomic mass is 9.89. The molecule has 1 aliphatic rings. The van der Waals surface area contributed by atoms with Crippen molar-refractivity contribution in [1.29, 1.82) is 0 Å². The standard InChI is InChI=1S/C16H25FN2S/c1-2-13-7-8-19(15(11-13)12-18)9-10-20-16-5-3-14(17)4-6-16/h3-6,13,15H,2,7-12,18H2,1H3. The minimum Gasteiger partial charge on any atom is -0.329 e. The second-order valence-electron chi connectivity index (χ2n) is 5.53. The molecule has 1 aromatic rings. The molecule has 2 N–H and O–H groups in total. The number of thioether (sulfide) groups is 1. The van der Waals surface area contributed by atoms with Gasteiger partial charge in [-0.2, -0.15) is 0 Å². The van der Waals surface area contributed by atoms with Gasteiger partial charge in [0.2, 0.25) is 0 Å². The van der Waals surface area contributed by atoms with E-state index in [1.54, 1.807) is 11.8 Å². The predicted octanol–water partition coefficient (Wildman–Crippen LogP) is 3.37. The van der Waals surface area contributed by atoms with Gasteiger partial charge in [0.1, 0.15) is 5.82 Å². The fraction of sp³-hybridized carbons (Fsp3) is 0.625. The molecule has 0 spiro atoms. The van der Waals surface area contributed by atoms with E-state index in [-0.39, 0.29) is 5.82 Å². The molecule has 1 saturated heterocycles. The van der Waals surface area contributed by atoms with Crippen LogP contribution in [0.2, 0.25) is 0 Å². The molecule has 1 aliphatic heterocycles. The van der Waals surface area contributed by atoms with Crippen molar-refractivity contribution in [3.63, 3.8) is 0 Å². The Hall–Kier alpha value is -0.580. The maximum Gasteiger partial charge on any atom is 0.123 e. The normalized spacial score (nSPS) is 23.9. The molecule has 112 valence electrons. The van der Waals surface area contributed by atoms with Gasteiger partial charge in [-0.25, -0.2) is 4.39 Å². The zero-order valence-electron chi connectivity index (χ0n) is 12.2. The minimum atomic E-state index is -0.167. The Morgan fingerprint density at radius 2 is 2.10 bits per heavy atom. The monoisotopic (exact) mass is 296 g/mol. The lowest BCUT2D eigenvalue weighted by molar-refractivity contribution is 0.122. The fourth-order valence-corrected chi connectivity index (χ4v) is 3.79. The molecule has 2 nitrogen and oxygen atoms in total. The van der Waals surface area contributed by atoms with Crippen molar-refractivity contribution in [2.75, 3.05) is 25.4 Å². The molecule has 0 saturated carbocycles. The number of benzene rings is 1. The maximum absolute atomic E-state index is 12.8. The number of nitrogens with two attached hydrogens (primary N) is 1. The van der Waals surface area contributed by atoms with Crippen molar-refractivity contribution in [3.05, 3.63) is 30.1 Å². The van der Waals surface area contributed by atoms with Crippen LogP contribution in [0.3, 0.4) is 0 Å². The van der Waals surface area contributed by atoms with Crippen LogP contribution >= 0.6 is 11.8 Å². The first-order chi connectivity index (χ1) is 9.72. The van der Waals surface area contributed by atoms with Gasteiger partial charge in [0.25, 0.3) is 0 Å². The topological polar surface area (TPSA) is 29.3 Å². The van der Waals surface area contributed by atoms with Crippen LogP contribution in [-0.4, -0.2) is 36.3 Å². The number of likely N-dealkylation sites (tertiary alicyclic amines) is 1. The van der Waals surface area contributed by atoms with E-state index >= 15 is 0 Å². The molecule has 1 heterocycles. The Kier molecular flexibility index (Phi) is 6.33. The maximum atomic E-state index is 12.8. The third kappa shape index (κ3) is 4.47. The summed E-state index contributed by atoms with van der Waals surface area (Å²) >= 11 is 1.79. The van der Waals surface area contributed by atoms with Crippen molar-refractivity contribution in [3.8, 4) is 0 Å². The summed E-state index contributed by atoms with van der Waals surface area (Å²) in [7, 11) is 0. The summed E-state index contributed by atoms with van der Waals surface area (Å²) in [6, 6.07) is 7.30. The van der Waals surface area contributed by atoms with Crippen LogP contribution in [0.1, 0.15) is 26.2 Å². The molecule has 2 atom stereocenters. The van der Waals surface area contributed by atoms with E-state index in [1.165, 1.54) is 37.9 Å². The van der Waals surface area contributed by atoms with Gasteiger partial charge in [-0.05, 0) is 49.6 Å². The number of rotatable bonds is 6. The highest BCUT2D eigenvalue weighted by molar-refractivity contribution is 7.99. The molecule has 2 rings (SSSR count). The predicted molar refractivity (Wildman–Crippen MR) is 84.6 cm³/mol. The Morgan fingerprint density at radius 1 is 1.35 bits per heavy atom. The van der Waals surface area contributed by atoms with Gasteiger partial charge >= 0.3 is 0 Å². The third-order valence-corrected chi connectivity index (χ3v) is 5.25. The fourth-order valence-electron chi connectivity index (χ4n) is 2.90. The van der Waals surface area contributed by atoms with Crippen LogP contribution in [0, 0.1) is 11.7 Å². The van der Waals surface area contributed by atoms with Crippen molar-refractivity contribution in [1.82, 2.24) is 4.90 Å². The van der Waals surface area contributed by atoms with Crippen LogP contribution in [0.25, 0.3) is 0 Å². The molecular formula is C16H25FN2S. The quantitative estimate of drug-likeness (QED) is 0.816. The summed E-state index contributed by atoms with van der Waals surface area (Å²) in [5.74, 6) is 1.72. The number of hydrogen-bond acceptors (Lipinski definition) is 3. The van der Waals surface area contributed by atoms with E-state index in [0.29, 0.717) is 6.04 Å². The average molecular weight is 296 g/mol. The van der Waals surface area contributed by atoms with Gasteiger partial charge in [-0.1, -0.05) is 13.3 Å². The van der Waals surface area contributed by atoms with E-state index in [2.05, 4.69) is 11.8 Å². The van der Waals surface area contributed by atoms with E-state index in [4.69, 9.17) is 5.73 Å². The van der Waals surface area contributed by atoms with Gasteiger partial charge < -0.3 is 5.73 Å². The van der Waals surface area contributed by atoms with E-state index < -0.39 is 0 Å². The average Bonchev–Trinajstić information content (AvgIpc) is 2.49. The van der Waals surface area contributed by atoms with Crippen LogP contribution < -0.4 is 5.73 Å². The highest BCUT2D eigenvalue weighted by atomic mass is 32.2. The molecule has 20 heavy (non-hydrogen) atoms. The zero-order valence-corrected chi connectivity index (χ0v) is 13.0. The lowest BCUT2D eigenvalue weighted by Crippen LogP contribution is -2.47. The second-order valence-corrected chi connectivity index (χ2v) is 6.69. The first kappa shape index (κ1) is 15.8. The van der Waals surface area contributed by atoms with Crippen LogP contribution in [0.5, 0.6) is 0 Å². The Balaban J connectivity index is 1.76. The number of halogens is 1. The molecule has 2 unspecified atom stereocenters. The van der Waals surface area contributed by atoms with Gasteiger partial charge in [0, 0.05) is 29.8 Å². The molecule has 0 amide bonds. The van der Waals surface area contributed by atoms with Crippen LogP contribution in [-0.2, 0) is 0 Å². The van der Waals surface area contributed by atoms with Crippen molar-refractivity contribution >= 4 is 11.8 Å². The van der Waals surface area contributed by atoms with Gasteiger partial charge in [0.05, 0.1) is 0 Å². The van der Waals surface area contributed by atoms with Gasteiger partial charge in [-0.3, -0.25) is 4.90 Å². The van der Waals surface area contributed by atoms with Gasteiger partial charge in [-0.15, -0.1) is 11.8 Å². The summed E-state index contributed by atoms with van der Waals surface area (Å²) in [4.78, 5) is 3.67. The number of piperidine rings is 1. The third-order valence-electron chi connectivity index (χ3n) is 4.26. The smallest absolute Gasteiger partial charge is 0.123 e. The second kappa shape index (κ2) is 8.01. The van der Waals surface area contributed by atoms with E-state index in [0.717, 1.165) is 29.7 Å². The largest absolute Gasteiger partial charge is 0.329 e. The summed E-state index contributed by atoms with van der Waals surface area (Å²) in [6.45, 7) is 5.28. The van der Waals surface area contributed by atoms with Gasteiger partial charge in [0.15, 0.2) is 0 Å². The first-order valence-corrected chi connectivity index (χ1v) is 8.54. The molecule has 4 heteroatoms. The van der Waals surface area contributed by atoms with Crippen molar-refractivity contribution in [2.24, 2.45) is 11.7 Å². The number of nitrogens with zero attached hydrogens (tertiary/aromatic N) is 1. The molecular weight excluding hydrogens is 271 g/mol. The van der Waals surface area contributed by atoms with Crippen molar-refractivity contribution < 1.29 is 4.39 Å². The van der Waals surface area contributed by atoms with Crippen molar-refractivity contribution in [2.45, 2.75) is 37.1 Å². The summed E-state index contributed by atoms with van der Waals surface area (Å²) < 4.78 is 12.8. The van der Waals surface area contributed by atoms with Crippen LogP contribution in [0.15, 0.2) is 29.2 Å². The summed E-state index contributed by atoms with van der Waals surface area (Å²) in [5.41, 5.74) is 5.92. The Morgan fingerprint density at radius 3 is 2.75 bits per heavy atom. The highest BCUT2D eigenvalue weighted by Crippen LogP contribution is 2.26. The number of hydrogen-bond donors (Lipinski definition) is 1. The Labute approximate surface area is 125 Å². The SMILES string of the molecule is CCC1CCN(CCSc2ccc(F)cc2)C(CN)C1. The molecule has 1 fully saturated rings. The lowest BCUT2D eigenvalue weighted by Gasteiger charge is -2.38. The molecule has 0 radical (unpaired) electrons. The van der Waals surface area contributed by atoms with Crippen LogP contribution in [0.4, 0.5) is 4.39 Å². The van der Waals surface area contributed by atoms with E-state index in [9.17, 15) is 4.39 Å². The van der Waals surface area contributed by atoms with E-state index in [1.807, 2.05) is 12.1 Å². The zero-order chi connectivity index (χ0) is 14.4. The molecule has 0 aliphatic carbocycles. The highest BCUT2D eigenvalue weighted by Gasteiger charge is 2.25. The first-order valence-electron chi connectivity index (χ1n) is 7.55.